The highest BCUT2D eigenvalue weighted by Gasteiger charge is 2.37. The first-order chi connectivity index (χ1) is 8.70. The molecule has 0 spiro atoms. The molecule has 1 aliphatic rings. The van der Waals surface area contributed by atoms with Gasteiger partial charge in [-0.3, -0.25) is 0 Å². The maximum absolute atomic E-state index is 12.3. The van der Waals surface area contributed by atoms with E-state index in [9.17, 15) is 16.8 Å². The molecule has 0 aromatic carbocycles. The van der Waals surface area contributed by atoms with Crippen LogP contribution in [0.3, 0.4) is 0 Å². The van der Waals surface area contributed by atoms with Crippen LogP contribution in [0, 0.1) is 0 Å². The molecule has 1 heterocycles. The Bertz CT molecular complexity index is 473. The van der Waals surface area contributed by atoms with Gasteiger partial charge in [0.15, 0.2) is 0 Å². The topological polar surface area (TPSA) is 106 Å². The first-order valence-corrected chi connectivity index (χ1v) is 10.0. The molecule has 19 heavy (non-hydrogen) atoms. The van der Waals surface area contributed by atoms with Gasteiger partial charge < -0.3 is 5.73 Å². The molecule has 0 aliphatic carbocycles. The minimum Gasteiger partial charge on any atom is -0.329 e. The van der Waals surface area contributed by atoms with Crippen molar-refractivity contribution in [3.63, 3.8) is 0 Å². The van der Waals surface area contributed by atoms with E-state index in [-0.39, 0.29) is 30.9 Å². The van der Waals surface area contributed by atoms with Crippen molar-refractivity contribution >= 4 is 19.9 Å². The zero-order chi connectivity index (χ0) is 14.7. The quantitative estimate of drug-likeness (QED) is 0.718. The average molecular weight is 312 g/mol. The van der Waals surface area contributed by atoms with Crippen molar-refractivity contribution in [1.82, 2.24) is 4.72 Å². The highest BCUT2D eigenvalue weighted by atomic mass is 32.2. The second-order valence-electron chi connectivity index (χ2n) is 5.19. The highest BCUT2D eigenvalue weighted by molar-refractivity contribution is 7.92. The van der Waals surface area contributed by atoms with Gasteiger partial charge in [-0.15, -0.1) is 0 Å². The van der Waals surface area contributed by atoms with E-state index in [1.165, 1.54) is 0 Å². The van der Waals surface area contributed by atoms with Crippen molar-refractivity contribution in [2.75, 3.05) is 18.1 Å². The number of rotatable bonds is 6. The van der Waals surface area contributed by atoms with Gasteiger partial charge >= 0.3 is 0 Å². The summed E-state index contributed by atoms with van der Waals surface area (Å²) in [4.78, 5) is 0. The van der Waals surface area contributed by atoms with E-state index in [4.69, 9.17) is 5.73 Å². The minimum atomic E-state index is -3.52. The summed E-state index contributed by atoms with van der Waals surface area (Å²) < 4.78 is 50.0. The van der Waals surface area contributed by atoms with Crippen molar-refractivity contribution < 1.29 is 16.8 Å². The van der Waals surface area contributed by atoms with Crippen LogP contribution < -0.4 is 10.5 Å². The lowest BCUT2D eigenvalue weighted by molar-refractivity contribution is 0.360. The Morgan fingerprint density at radius 3 is 2.05 bits per heavy atom. The Balaban J connectivity index is 2.82. The SMILES string of the molecule is CCC(CC)(CN)NS(=O)(=O)C1CCS(=O)(=O)CC1. The van der Waals surface area contributed by atoms with Crippen molar-refractivity contribution in [2.45, 2.75) is 50.3 Å². The molecule has 0 bridgehead atoms. The first kappa shape index (κ1) is 16.9. The van der Waals surface area contributed by atoms with Gasteiger partial charge in [0.25, 0.3) is 0 Å². The summed E-state index contributed by atoms with van der Waals surface area (Å²) in [6.07, 6.45) is 1.58. The number of nitrogens with two attached hydrogens (primary N) is 1. The van der Waals surface area contributed by atoms with Crippen LogP contribution in [0.2, 0.25) is 0 Å². The predicted molar refractivity (Wildman–Crippen MR) is 76.1 cm³/mol. The molecule has 0 unspecified atom stereocenters. The third kappa shape index (κ3) is 4.14. The molecule has 0 amide bonds. The second kappa shape index (κ2) is 6.07. The normalized spacial score (nSPS) is 21.4. The Kier molecular flexibility index (Phi) is 5.39. The van der Waals surface area contributed by atoms with Crippen LogP contribution in [0.1, 0.15) is 39.5 Å². The predicted octanol–water partition coefficient (Wildman–Crippen LogP) is 0.000500. The van der Waals surface area contributed by atoms with Gasteiger partial charge in [-0.05, 0) is 25.7 Å². The fourth-order valence-corrected chi connectivity index (χ4v) is 6.08. The number of sulfonamides is 1. The third-order valence-electron chi connectivity index (χ3n) is 4.04. The van der Waals surface area contributed by atoms with E-state index >= 15 is 0 Å². The summed E-state index contributed by atoms with van der Waals surface area (Å²) in [7, 11) is -6.58. The molecule has 1 aliphatic heterocycles. The van der Waals surface area contributed by atoms with Crippen LogP contribution in [0.4, 0.5) is 0 Å². The lowest BCUT2D eigenvalue weighted by Crippen LogP contribution is -2.55. The number of sulfone groups is 1. The summed E-state index contributed by atoms with van der Waals surface area (Å²) in [5.74, 6) is -0.0983. The molecule has 1 rings (SSSR count). The van der Waals surface area contributed by atoms with Crippen LogP contribution in [0.15, 0.2) is 0 Å². The molecular weight excluding hydrogens is 288 g/mol. The maximum Gasteiger partial charge on any atom is 0.215 e. The number of nitrogens with one attached hydrogen (secondary N) is 1. The van der Waals surface area contributed by atoms with E-state index in [0.717, 1.165) is 0 Å². The number of hydrogen-bond acceptors (Lipinski definition) is 5. The lowest BCUT2D eigenvalue weighted by Gasteiger charge is -2.33. The molecule has 3 N–H and O–H groups in total. The van der Waals surface area contributed by atoms with E-state index < -0.39 is 30.6 Å². The summed E-state index contributed by atoms with van der Waals surface area (Å²) in [6.45, 7) is 4.03. The molecule has 0 aromatic rings. The smallest absolute Gasteiger partial charge is 0.215 e. The standard InChI is InChI=1S/C11H24N2O4S2/c1-3-11(4-2,9-12)13-19(16,17)10-5-7-18(14,15)8-6-10/h10,13H,3-9,12H2,1-2H3. The van der Waals surface area contributed by atoms with Crippen molar-refractivity contribution in [3.8, 4) is 0 Å². The minimum absolute atomic E-state index is 0.0492. The molecule has 6 nitrogen and oxygen atoms in total. The van der Waals surface area contributed by atoms with Gasteiger partial charge in [0.1, 0.15) is 9.84 Å². The molecule has 114 valence electrons. The van der Waals surface area contributed by atoms with E-state index in [1.54, 1.807) is 0 Å². The van der Waals surface area contributed by atoms with Crippen LogP contribution >= 0.6 is 0 Å². The second-order valence-corrected chi connectivity index (χ2v) is 9.45. The van der Waals surface area contributed by atoms with Crippen LogP contribution in [0.25, 0.3) is 0 Å². The molecule has 1 saturated heterocycles. The zero-order valence-electron chi connectivity index (χ0n) is 11.6. The van der Waals surface area contributed by atoms with Crippen molar-refractivity contribution in [1.29, 1.82) is 0 Å². The Morgan fingerprint density at radius 1 is 1.21 bits per heavy atom. The van der Waals surface area contributed by atoms with E-state index in [1.807, 2.05) is 13.8 Å². The Hall–Kier alpha value is -0.180. The van der Waals surface area contributed by atoms with Crippen LogP contribution in [-0.4, -0.2) is 45.7 Å². The fourth-order valence-electron chi connectivity index (χ4n) is 2.29. The lowest BCUT2D eigenvalue weighted by atomic mass is 9.95. The van der Waals surface area contributed by atoms with Gasteiger partial charge in [0, 0.05) is 12.1 Å². The van der Waals surface area contributed by atoms with Gasteiger partial charge in [0.2, 0.25) is 10.0 Å². The number of hydrogen-bond donors (Lipinski definition) is 2. The zero-order valence-corrected chi connectivity index (χ0v) is 13.2. The first-order valence-electron chi connectivity index (χ1n) is 6.63. The largest absolute Gasteiger partial charge is 0.329 e. The van der Waals surface area contributed by atoms with Gasteiger partial charge in [-0.1, -0.05) is 13.8 Å². The van der Waals surface area contributed by atoms with Crippen molar-refractivity contribution in [2.24, 2.45) is 5.73 Å². The average Bonchev–Trinajstić information content (AvgIpc) is 2.35. The highest BCUT2D eigenvalue weighted by Crippen LogP contribution is 2.22. The molecule has 8 heteroatoms. The monoisotopic (exact) mass is 312 g/mol. The molecular formula is C11H24N2O4S2. The summed E-state index contributed by atoms with van der Waals surface area (Å²) >= 11 is 0. The Labute approximate surface area is 116 Å². The summed E-state index contributed by atoms with van der Waals surface area (Å²) in [5, 5.41) is -0.625. The molecule has 0 saturated carbocycles. The van der Waals surface area contributed by atoms with Gasteiger partial charge in [0.05, 0.1) is 16.8 Å². The maximum atomic E-state index is 12.3. The van der Waals surface area contributed by atoms with Crippen molar-refractivity contribution in [3.05, 3.63) is 0 Å². The fraction of sp³-hybridized carbons (Fsp3) is 1.00. The molecule has 0 aromatic heterocycles. The van der Waals surface area contributed by atoms with Gasteiger partial charge in [-0.2, -0.15) is 0 Å². The third-order valence-corrected chi connectivity index (χ3v) is 7.83. The molecule has 0 radical (unpaired) electrons. The van der Waals surface area contributed by atoms with E-state index in [2.05, 4.69) is 4.72 Å². The summed E-state index contributed by atoms with van der Waals surface area (Å²) in [5.41, 5.74) is 5.07. The molecule has 0 atom stereocenters. The Morgan fingerprint density at radius 2 is 1.68 bits per heavy atom. The van der Waals surface area contributed by atoms with Crippen LogP contribution in [0.5, 0.6) is 0 Å². The molecule has 1 fully saturated rings. The van der Waals surface area contributed by atoms with E-state index in [0.29, 0.717) is 12.8 Å². The summed E-state index contributed by atoms with van der Waals surface area (Å²) in [6, 6.07) is 0. The van der Waals surface area contributed by atoms with Crippen LogP contribution in [-0.2, 0) is 19.9 Å². The van der Waals surface area contributed by atoms with Gasteiger partial charge in [-0.25, -0.2) is 21.6 Å².